The van der Waals surface area contributed by atoms with E-state index in [0.717, 1.165) is 10.8 Å². The molecule has 0 amide bonds. The molecule has 88 valence electrons. The van der Waals surface area contributed by atoms with Crippen LogP contribution in [0.1, 0.15) is 6.92 Å². The largest absolute Gasteiger partial charge is 0.302 e. The number of benzene rings is 2. The fourth-order valence-corrected chi connectivity index (χ4v) is 2.76. The van der Waals surface area contributed by atoms with Crippen LogP contribution in [0.15, 0.2) is 47.4 Å². The summed E-state index contributed by atoms with van der Waals surface area (Å²) >= 11 is 0. The van der Waals surface area contributed by atoms with E-state index in [0.29, 0.717) is 6.29 Å². The molecule has 3 nitrogen and oxygen atoms in total. The molecule has 0 bridgehead atoms. The molecule has 0 aromatic heterocycles. The Labute approximate surface area is 100.0 Å². The van der Waals surface area contributed by atoms with Gasteiger partial charge in [0.25, 0.3) is 0 Å². The van der Waals surface area contributed by atoms with Crippen molar-refractivity contribution < 1.29 is 13.2 Å². The second-order valence-corrected chi connectivity index (χ2v) is 6.20. The van der Waals surface area contributed by atoms with Crippen LogP contribution < -0.4 is 0 Å². The smallest absolute Gasteiger partial charge is 0.187 e. The summed E-state index contributed by atoms with van der Waals surface area (Å²) in [6, 6.07) is 12.4. The highest BCUT2D eigenvalue weighted by Crippen LogP contribution is 2.21. The minimum atomic E-state index is -3.55. The van der Waals surface area contributed by atoms with Gasteiger partial charge in [-0.1, -0.05) is 30.3 Å². The molecule has 0 radical (unpaired) electrons. The van der Waals surface area contributed by atoms with Crippen molar-refractivity contribution >= 4 is 26.9 Å². The molecule has 2 rings (SSSR count). The number of rotatable bonds is 3. The summed E-state index contributed by atoms with van der Waals surface area (Å²) in [6.07, 6.45) is 0.449. The van der Waals surface area contributed by atoms with Crippen LogP contribution in [0.25, 0.3) is 10.8 Å². The lowest BCUT2D eigenvalue weighted by Gasteiger charge is -2.07. The van der Waals surface area contributed by atoms with Gasteiger partial charge in [0.1, 0.15) is 11.5 Å². The lowest BCUT2D eigenvalue weighted by atomic mass is 10.1. The molecular weight excluding hydrogens is 236 g/mol. The number of fused-ring (bicyclic) bond motifs is 1. The van der Waals surface area contributed by atoms with Crippen LogP contribution >= 0.6 is 0 Å². The van der Waals surface area contributed by atoms with Gasteiger partial charge in [0.15, 0.2) is 9.84 Å². The van der Waals surface area contributed by atoms with E-state index in [2.05, 4.69) is 0 Å². The first-order valence-corrected chi connectivity index (χ1v) is 6.78. The van der Waals surface area contributed by atoms with Crippen LogP contribution in [0.3, 0.4) is 0 Å². The summed E-state index contributed by atoms with van der Waals surface area (Å²) in [7, 11) is -3.55. The quantitative estimate of drug-likeness (QED) is 0.782. The van der Waals surface area contributed by atoms with Crippen molar-refractivity contribution in [3.05, 3.63) is 42.5 Å². The number of carbonyl (C=O) groups is 1. The predicted octanol–water partition coefficient (Wildman–Crippen LogP) is 2.20. The van der Waals surface area contributed by atoms with Gasteiger partial charge in [0.2, 0.25) is 0 Å². The molecule has 0 aliphatic rings. The maximum Gasteiger partial charge on any atom is 0.187 e. The van der Waals surface area contributed by atoms with E-state index in [9.17, 15) is 13.2 Å². The second kappa shape index (κ2) is 4.30. The van der Waals surface area contributed by atoms with Crippen LogP contribution in [0.2, 0.25) is 0 Å². The first kappa shape index (κ1) is 11.8. The van der Waals surface area contributed by atoms with Crippen LogP contribution in [0.4, 0.5) is 0 Å². The molecule has 0 N–H and O–H groups in total. The van der Waals surface area contributed by atoms with Crippen molar-refractivity contribution in [3.63, 3.8) is 0 Å². The third-order valence-corrected chi connectivity index (χ3v) is 4.73. The van der Waals surface area contributed by atoms with Crippen molar-refractivity contribution in [2.75, 3.05) is 0 Å². The summed E-state index contributed by atoms with van der Waals surface area (Å²) < 4.78 is 24.0. The van der Waals surface area contributed by atoms with E-state index in [1.54, 1.807) is 12.1 Å². The highest BCUT2D eigenvalue weighted by Gasteiger charge is 2.22. The summed E-state index contributed by atoms with van der Waals surface area (Å²) in [5.41, 5.74) is 0. The Morgan fingerprint density at radius 2 is 1.71 bits per heavy atom. The highest BCUT2D eigenvalue weighted by atomic mass is 32.2. The van der Waals surface area contributed by atoms with Crippen LogP contribution in [-0.4, -0.2) is 20.0 Å². The minimum absolute atomic E-state index is 0.191. The molecule has 0 spiro atoms. The monoisotopic (exact) mass is 248 g/mol. The summed E-state index contributed by atoms with van der Waals surface area (Å²) in [6.45, 7) is 1.39. The van der Waals surface area contributed by atoms with Crippen LogP contribution in [-0.2, 0) is 14.6 Å². The van der Waals surface area contributed by atoms with E-state index in [-0.39, 0.29) is 4.90 Å². The zero-order valence-electron chi connectivity index (χ0n) is 9.33. The SMILES string of the molecule is CC(C=O)S(=O)(=O)c1ccc2ccccc2c1. The molecule has 0 aliphatic carbocycles. The van der Waals surface area contributed by atoms with Gasteiger partial charge in [0.05, 0.1) is 4.90 Å². The summed E-state index contributed by atoms with van der Waals surface area (Å²) in [5, 5.41) is 0.820. The summed E-state index contributed by atoms with van der Waals surface area (Å²) in [5.74, 6) is 0. The van der Waals surface area contributed by atoms with Crippen molar-refractivity contribution in [1.82, 2.24) is 0 Å². The number of aldehydes is 1. The normalized spacial score (nSPS) is 13.5. The summed E-state index contributed by atoms with van der Waals surface area (Å²) in [4.78, 5) is 10.8. The fourth-order valence-electron chi connectivity index (χ4n) is 1.63. The zero-order valence-corrected chi connectivity index (χ0v) is 10.1. The molecule has 0 aliphatic heterocycles. The molecule has 17 heavy (non-hydrogen) atoms. The number of sulfone groups is 1. The van der Waals surface area contributed by atoms with Gasteiger partial charge in [0, 0.05) is 0 Å². The molecular formula is C13H12O3S. The van der Waals surface area contributed by atoms with Gasteiger partial charge in [-0.2, -0.15) is 0 Å². The number of carbonyl (C=O) groups excluding carboxylic acids is 1. The van der Waals surface area contributed by atoms with Crippen molar-refractivity contribution in [3.8, 4) is 0 Å². The van der Waals surface area contributed by atoms with Gasteiger partial charge >= 0.3 is 0 Å². The second-order valence-electron chi connectivity index (χ2n) is 3.90. The van der Waals surface area contributed by atoms with Gasteiger partial charge in [-0.05, 0) is 29.8 Å². The standard InChI is InChI=1S/C13H12O3S/c1-10(9-14)17(15,16)13-7-6-11-4-2-3-5-12(11)8-13/h2-10H,1H3. The molecule has 0 fully saturated rings. The average molecular weight is 248 g/mol. The Kier molecular flexibility index (Phi) is 2.98. The van der Waals surface area contributed by atoms with E-state index >= 15 is 0 Å². The Balaban J connectivity index is 2.61. The first-order chi connectivity index (χ1) is 8.05. The Bertz CT molecular complexity index is 659. The van der Waals surface area contributed by atoms with Crippen LogP contribution in [0, 0.1) is 0 Å². The highest BCUT2D eigenvalue weighted by molar-refractivity contribution is 7.92. The molecule has 0 heterocycles. The molecule has 1 atom stereocenters. The van der Waals surface area contributed by atoms with Crippen molar-refractivity contribution in [1.29, 1.82) is 0 Å². The third kappa shape index (κ3) is 2.08. The van der Waals surface area contributed by atoms with Gasteiger partial charge in [-0.3, -0.25) is 0 Å². The first-order valence-electron chi connectivity index (χ1n) is 5.23. The molecule has 1 unspecified atom stereocenters. The van der Waals surface area contributed by atoms with Gasteiger partial charge in [-0.25, -0.2) is 8.42 Å². The molecule has 0 saturated carbocycles. The number of hydrogen-bond donors (Lipinski definition) is 0. The lowest BCUT2D eigenvalue weighted by molar-refractivity contribution is -0.107. The topological polar surface area (TPSA) is 51.2 Å². The van der Waals surface area contributed by atoms with E-state index in [1.807, 2.05) is 24.3 Å². The molecule has 0 saturated heterocycles. The van der Waals surface area contributed by atoms with E-state index in [1.165, 1.54) is 13.0 Å². The van der Waals surface area contributed by atoms with Crippen molar-refractivity contribution in [2.24, 2.45) is 0 Å². The lowest BCUT2D eigenvalue weighted by Crippen LogP contribution is -2.19. The minimum Gasteiger partial charge on any atom is -0.302 e. The predicted molar refractivity (Wildman–Crippen MR) is 66.7 cm³/mol. The van der Waals surface area contributed by atoms with Crippen LogP contribution in [0.5, 0.6) is 0 Å². The fraction of sp³-hybridized carbons (Fsp3) is 0.154. The van der Waals surface area contributed by atoms with Gasteiger partial charge in [-0.15, -0.1) is 0 Å². The molecule has 2 aromatic carbocycles. The molecule has 2 aromatic rings. The van der Waals surface area contributed by atoms with E-state index in [4.69, 9.17) is 0 Å². The maximum atomic E-state index is 12.0. The third-order valence-electron chi connectivity index (χ3n) is 2.73. The Hall–Kier alpha value is -1.68. The van der Waals surface area contributed by atoms with E-state index < -0.39 is 15.1 Å². The zero-order chi connectivity index (χ0) is 12.5. The molecule has 4 heteroatoms. The average Bonchev–Trinajstić information content (AvgIpc) is 2.37. The maximum absolute atomic E-state index is 12.0. The Morgan fingerprint density at radius 3 is 2.35 bits per heavy atom. The van der Waals surface area contributed by atoms with Gasteiger partial charge < -0.3 is 4.79 Å². The van der Waals surface area contributed by atoms with Crippen molar-refractivity contribution in [2.45, 2.75) is 17.1 Å². The number of hydrogen-bond acceptors (Lipinski definition) is 3. The Morgan fingerprint density at radius 1 is 1.06 bits per heavy atom.